The Kier molecular flexibility index (Phi) is 14.5. The number of pyridine rings is 1. The van der Waals surface area contributed by atoms with Crippen LogP contribution in [0.4, 0.5) is 0 Å². The zero-order chi connectivity index (χ0) is 48.6. The minimum atomic E-state index is -1.17. The fourth-order valence-electron chi connectivity index (χ4n) is 10.0. The SMILES string of the molecule is CCn1c(-c2cccnc2C(C)C)c2c3cc(ccc31)-c1cc(O)cc(c1)C[C@H](NC(=O)[C@H](C(C)C)N(C)C(=O)CN(C)C(=O)[C@@H]1N[C@@H]1C(C)C)C(=O)N1CCC[C@H](N1)C(=O)OCC(C)(C)C2. The molecular formula is C52H70N8O7. The molecule has 0 radical (unpaired) electrons. The van der Waals surface area contributed by atoms with Gasteiger partial charge in [0.05, 0.1) is 24.5 Å². The lowest BCUT2D eigenvalue weighted by molar-refractivity contribution is -0.155. The zero-order valence-electron chi connectivity index (χ0n) is 41.1. The van der Waals surface area contributed by atoms with E-state index in [2.05, 4.69) is 73.4 Å². The smallest absolute Gasteiger partial charge is 0.324 e. The highest BCUT2D eigenvalue weighted by molar-refractivity contribution is 5.96. The number of ether oxygens (including phenoxy) is 1. The Bertz CT molecular complexity index is 2530. The number of fused-ring (bicyclic) bond motifs is 6. The van der Waals surface area contributed by atoms with Crippen molar-refractivity contribution in [2.75, 3.05) is 33.8 Å². The average molecular weight is 919 g/mol. The maximum absolute atomic E-state index is 14.7. The highest BCUT2D eigenvalue weighted by Crippen LogP contribution is 2.42. The second kappa shape index (κ2) is 19.8. The van der Waals surface area contributed by atoms with E-state index >= 15 is 0 Å². The Morgan fingerprint density at radius 2 is 1.76 bits per heavy atom. The lowest BCUT2D eigenvalue weighted by atomic mass is 9.83. The summed E-state index contributed by atoms with van der Waals surface area (Å²) in [5.41, 5.74) is 10.0. The number of nitrogens with one attached hydrogen (secondary N) is 3. The van der Waals surface area contributed by atoms with Crippen LogP contribution in [-0.4, -0.2) is 123 Å². The van der Waals surface area contributed by atoms with Crippen LogP contribution in [0.3, 0.4) is 0 Å². The van der Waals surface area contributed by atoms with Crippen molar-refractivity contribution >= 4 is 40.5 Å². The van der Waals surface area contributed by atoms with Crippen LogP contribution >= 0.6 is 0 Å². The van der Waals surface area contributed by atoms with Gasteiger partial charge in [-0.05, 0) is 103 Å². The highest BCUT2D eigenvalue weighted by Gasteiger charge is 2.46. The number of carbonyl (C=O) groups excluding carboxylic acids is 5. The predicted molar refractivity (Wildman–Crippen MR) is 259 cm³/mol. The molecule has 7 rings (SSSR count). The summed E-state index contributed by atoms with van der Waals surface area (Å²) in [5, 5.41) is 19.9. The molecule has 360 valence electrons. The van der Waals surface area contributed by atoms with Crippen molar-refractivity contribution in [1.29, 1.82) is 0 Å². The number of rotatable bonds is 11. The first kappa shape index (κ1) is 49.1. The lowest BCUT2D eigenvalue weighted by Crippen LogP contribution is -2.62. The standard InChI is InChI=1S/C52H70N8O7/c1-12-59-41-18-17-33-25-37(41)38(47(59)36-15-13-19-53-43(36)29(2)3)26-52(8,9)28-67-51(66)39-16-14-20-60(56-39)49(64)40(23-32-21-34(33)24-35(61)22-32)54-48(63)46(31(6)7)58(11)42(62)27-57(10)50(65)45-44(55-45)30(4)5/h13,15,17-19,21-22,24-25,29-31,39-40,44-46,55-56,61H,12,14,16,20,23,26-28H2,1-11H3,(H,54,63)/t39-,40-,44+,45+,46-/m0/s1. The molecule has 5 heterocycles. The fourth-order valence-corrected chi connectivity index (χ4v) is 10.0. The molecule has 4 aromatic rings. The quantitative estimate of drug-likeness (QED) is 0.106. The van der Waals surface area contributed by atoms with E-state index in [-0.39, 0.29) is 67.6 Å². The first-order valence-corrected chi connectivity index (χ1v) is 23.9. The molecule has 6 bridgehead atoms. The van der Waals surface area contributed by atoms with E-state index in [9.17, 15) is 29.1 Å². The molecule has 3 aliphatic rings. The Balaban J connectivity index is 1.27. The first-order chi connectivity index (χ1) is 31.7. The molecule has 2 fully saturated rings. The van der Waals surface area contributed by atoms with Crippen LogP contribution in [0.5, 0.6) is 5.75 Å². The van der Waals surface area contributed by atoms with Crippen LogP contribution in [-0.2, 0) is 48.1 Å². The van der Waals surface area contributed by atoms with Crippen molar-refractivity contribution < 1.29 is 33.8 Å². The minimum absolute atomic E-state index is 0.00582. The number of amides is 4. The van der Waals surface area contributed by atoms with Crippen molar-refractivity contribution in [3.8, 4) is 28.1 Å². The van der Waals surface area contributed by atoms with E-state index in [1.807, 2.05) is 52.1 Å². The van der Waals surface area contributed by atoms with E-state index in [1.165, 1.54) is 21.9 Å². The molecule has 3 aliphatic heterocycles. The van der Waals surface area contributed by atoms with Gasteiger partial charge in [0.2, 0.25) is 17.7 Å². The maximum Gasteiger partial charge on any atom is 0.324 e. The number of cyclic esters (lactones) is 1. The van der Waals surface area contributed by atoms with Gasteiger partial charge in [0.1, 0.15) is 29.9 Å². The van der Waals surface area contributed by atoms with Gasteiger partial charge in [-0.15, -0.1) is 0 Å². The maximum atomic E-state index is 14.7. The number of hydrogen-bond acceptors (Lipinski definition) is 10. The molecule has 4 amide bonds. The summed E-state index contributed by atoms with van der Waals surface area (Å²) in [4.78, 5) is 77.6. The number of benzene rings is 2. The number of nitrogens with zero attached hydrogens (tertiary/aromatic N) is 5. The number of carbonyl (C=O) groups is 5. The summed E-state index contributed by atoms with van der Waals surface area (Å²) in [5.74, 6) is -2.07. The Labute approximate surface area is 395 Å². The van der Waals surface area contributed by atoms with E-state index in [4.69, 9.17) is 9.72 Å². The molecule has 0 unspecified atom stereocenters. The number of hydrogen-bond donors (Lipinski definition) is 4. The topological polar surface area (TPSA) is 188 Å². The van der Waals surface area contributed by atoms with Crippen LogP contribution in [0, 0.1) is 17.3 Å². The van der Waals surface area contributed by atoms with Gasteiger partial charge in [-0.25, -0.2) is 5.43 Å². The Hall–Kier alpha value is -5.80. The molecule has 15 heteroatoms. The molecule has 0 spiro atoms. The van der Waals surface area contributed by atoms with Crippen LogP contribution in [0.15, 0.2) is 54.7 Å². The number of aromatic nitrogens is 2. The number of likely N-dealkylation sites (N-methyl/N-ethyl adjacent to an activating group) is 2. The number of phenolic OH excluding ortho intramolecular Hbond substituents is 1. The molecule has 4 N–H and O–H groups in total. The summed E-state index contributed by atoms with van der Waals surface area (Å²) >= 11 is 0. The summed E-state index contributed by atoms with van der Waals surface area (Å²) in [6, 6.07) is 12.3. The molecule has 67 heavy (non-hydrogen) atoms. The van der Waals surface area contributed by atoms with Gasteiger partial charge < -0.3 is 29.5 Å². The normalized spacial score (nSPS) is 21.3. The van der Waals surface area contributed by atoms with Crippen LogP contribution in [0.25, 0.3) is 33.3 Å². The van der Waals surface area contributed by atoms with Crippen molar-refractivity contribution in [3.05, 3.63) is 71.5 Å². The third-order valence-electron chi connectivity index (χ3n) is 13.6. The van der Waals surface area contributed by atoms with Gasteiger partial charge in [-0.2, -0.15) is 0 Å². The van der Waals surface area contributed by atoms with Gasteiger partial charge in [0.25, 0.3) is 5.91 Å². The number of phenols is 1. The van der Waals surface area contributed by atoms with Gasteiger partial charge in [-0.1, -0.05) is 67.5 Å². The first-order valence-electron chi connectivity index (χ1n) is 23.9. The summed E-state index contributed by atoms with van der Waals surface area (Å²) in [6.45, 7) is 19.2. The molecule has 2 aromatic heterocycles. The molecule has 0 aliphatic carbocycles. The van der Waals surface area contributed by atoms with E-state index in [0.717, 1.165) is 44.5 Å². The Morgan fingerprint density at radius 1 is 1.01 bits per heavy atom. The van der Waals surface area contributed by atoms with Gasteiger partial charge in [0.15, 0.2) is 0 Å². The molecule has 2 saturated heterocycles. The number of aryl methyl sites for hydroxylation is 1. The molecule has 2 aromatic carbocycles. The Morgan fingerprint density at radius 3 is 2.43 bits per heavy atom. The monoisotopic (exact) mass is 919 g/mol. The van der Waals surface area contributed by atoms with Crippen LogP contribution < -0.4 is 16.1 Å². The second-order valence-corrected chi connectivity index (χ2v) is 20.6. The van der Waals surface area contributed by atoms with E-state index in [0.29, 0.717) is 31.4 Å². The van der Waals surface area contributed by atoms with E-state index in [1.54, 1.807) is 19.2 Å². The summed E-state index contributed by atoms with van der Waals surface area (Å²) in [6.07, 6.45) is 3.35. The van der Waals surface area contributed by atoms with Crippen LogP contribution in [0.1, 0.15) is 97.9 Å². The van der Waals surface area contributed by atoms with E-state index < -0.39 is 47.2 Å². The molecule has 0 saturated carbocycles. The minimum Gasteiger partial charge on any atom is -0.508 e. The number of aromatic hydroxyl groups is 1. The molecule has 5 atom stereocenters. The largest absolute Gasteiger partial charge is 0.508 e. The summed E-state index contributed by atoms with van der Waals surface area (Å²) in [7, 11) is 3.12. The third-order valence-corrected chi connectivity index (χ3v) is 13.6. The van der Waals surface area contributed by atoms with Gasteiger partial charge >= 0.3 is 5.97 Å². The van der Waals surface area contributed by atoms with Crippen molar-refractivity contribution in [2.24, 2.45) is 17.3 Å². The zero-order valence-corrected chi connectivity index (χ0v) is 41.1. The lowest BCUT2D eigenvalue weighted by Gasteiger charge is -2.37. The van der Waals surface area contributed by atoms with Crippen LogP contribution in [0.2, 0.25) is 0 Å². The number of esters is 1. The van der Waals surface area contributed by atoms with Crippen molar-refractivity contribution in [1.82, 2.24) is 40.4 Å². The van der Waals surface area contributed by atoms with Crippen molar-refractivity contribution in [3.63, 3.8) is 0 Å². The fraction of sp³-hybridized carbons (Fsp3) is 0.538. The average Bonchev–Trinajstić information content (AvgIpc) is 4.04. The number of hydrazine groups is 1. The second-order valence-electron chi connectivity index (χ2n) is 20.6. The highest BCUT2D eigenvalue weighted by atomic mass is 16.5. The summed E-state index contributed by atoms with van der Waals surface area (Å²) < 4.78 is 8.44. The van der Waals surface area contributed by atoms with Gasteiger partial charge in [0, 0.05) is 67.7 Å². The van der Waals surface area contributed by atoms with Crippen molar-refractivity contribution in [2.45, 2.75) is 131 Å². The predicted octanol–water partition coefficient (Wildman–Crippen LogP) is 5.81. The molecular weight excluding hydrogens is 849 g/mol. The molecule has 15 nitrogen and oxygen atoms in total. The third kappa shape index (κ3) is 10.5. The van der Waals surface area contributed by atoms with Gasteiger partial charge in [-0.3, -0.25) is 39.3 Å².